The largest absolute Gasteiger partial charge is 0.341 e. The van der Waals surface area contributed by atoms with Crippen molar-refractivity contribution in [3.05, 3.63) is 51.7 Å². The van der Waals surface area contributed by atoms with Crippen LogP contribution in [-0.2, 0) is 14.8 Å². The fraction of sp³-hybridized carbons (Fsp3) is 0.429. The van der Waals surface area contributed by atoms with Gasteiger partial charge in [0, 0.05) is 43.9 Å². The zero-order chi connectivity index (χ0) is 21.0. The normalized spacial score (nSPS) is 15.9. The first-order chi connectivity index (χ1) is 13.8. The lowest BCUT2D eigenvalue weighted by Gasteiger charge is -2.22. The molecule has 29 heavy (non-hydrogen) atoms. The molecule has 0 unspecified atom stereocenters. The molecule has 1 aromatic heterocycles. The lowest BCUT2D eigenvalue weighted by atomic mass is 10.1. The number of rotatable bonds is 6. The van der Waals surface area contributed by atoms with Gasteiger partial charge in [-0.1, -0.05) is 17.7 Å². The molecular weight excluding hydrogens is 408 g/mol. The number of Topliss-reactive ketones (excluding diaryl/α,β-unsaturated/α-hetero) is 1. The molecule has 0 atom stereocenters. The molecular formula is C21H26N2O4S2. The average molecular weight is 435 g/mol. The van der Waals surface area contributed by atoms with Crippen molar-refractivity contribution in [2.45, 2.75) is 38.0 Å². The maximum absolute atomic E-state index is 12.9. The Morgan fingerprint density at radius 1 is 0.931 bits per heavy atom. The number of carbonyl (C=O) groups excluding carboxylic acids is 2. The molecule has 0 N–H and O–H groups in total. The molecule has 0 radical (unpaired) electrons. The Bertz CT molecular complexity index is 980. The number of hydrogen-bond acceptors (Lipinski definition) is 5. The van der Waals surface area contributed by atoms with E-state index in [9.17, 15) is 18.0 Å². The summed E-state index contributed by atoms with van der Waals surface area (Å²) >= 11 is 1.44. The van der Waals surface area contributed by atoms with E-state index in [-0.39, 0.29) is 36.0 Å². The first-order valence-electron chi connectivity index (χ1n) is 9.71. The summed E-state index contributed by atoms with van der Waals surface area (Å²) < 4.78 is 27.2. The van der Waals surface area contributed by atoms with Crippen molar-refractivity contribution in [1.82, 2.24) is 9.21 Å². The molecule has 3 rings (SSSR count). The van der Waals surface area contributed by atoms with Gasteiger partial charge < -0.3 is 4.90 Å². The summed E-state index contributed by atoms with van der Waals surface area (Å²) in [5, 5.41) is 0. The van der Waals surface area contributed by atoms with Crippen LogP contribution >= 0.6 is 11.3 Å². The predicted molar refractivity (Wildman–Crippen MR) is 114 cm³/mol. The third kappa shape index (κ3) is 5.32. The van der Waals surface area contributed by atoms with Gasteiger partial charge in [-0.25, -0.2) is 8.42 Å². The van der Waals surface area contributed by atoms with Crippen molar-refractivity contribution in [3.8, 4) is 0 Å². The number of hydrogen-bond donors (Lipinski definition) is 0. The zero-order valence-electron chi connectivity index (χ0n) is 16.8. The van der Waals surface area contributed by atoms with E-state index in [1.165, 1.54) is 15.6 Å². The lowest BCUT2D eigenvalue weighted by molar-refractivity contribution is -0.131. The topological polar surface area (TPSA) is 74.8 Å². The SMILES string of the molecule is Cc1ccc(S(=O)(=O)N2CCCN(C(=O)CCC(=O)c3ccc(C)s3)CC2)cc1. The van der Waals surface area contributed by atoms with Crippen LogP contribution in [0.15, 0.2) is 41.3 Å². The van der Waals surface area contributed by atoms with Crippen molar-refractivity contribution in [2.24, 2.45) is 0 Å². The molecule has 1 aliphatic rings. The maximum Gasteiger partial charge on any atom is 0.243 e. The van der Waals surface area contributed by atoms with E-state index in [2.05, 4.69) is 0 Å². The Kier molecular flexibility index (Phi) is 6.87. The minimum absolute atomic E-state index is 0.0187. The van der Waals surface area contributed by atoms with Gasteiger partial charge >= 0.3 is 0 Å². The molecule has 156 valence electrons. The minimum Gasteiger partial charge on any atom is -0.341 e. The molecule has 1 aromatic carbocycles. The fourth-order valence-corrected chi connectivity index (χ4v) is 5.63. The van der Waals surface area contributed by atoms with Gasteiger partial charge in [-0.2, -0.15) is 4.31 Å². The van der Waals surface area contributed by atoms with Gasteiger partial charge in [-0.3, -0.25) is 9.59 Å². The first kappa shape index (κ1) is 21.7. The highest BCUT2D eigenvalue weighted by Gasteiger charge is 2.28. The summed E-state index contributed by atoms with van der Waals surface area (Å²) in [4.78, 5) is 28.5. The number of aryl methyl sites for hydroxylation is 2. The number of carbonyl (C=O) groups is 2. The second kappa shape index (κ2) is 9.19. The Hall–Kier alpha value is -2.03. The van der Waals surface area contributed by atoms with Crippen LogP contribution < -0.4 is 0 Å². The summed E-state index contributed by atoms with van der Waals surface area (Å²) in [6.45, 7) is 5.35. The quantitative estimate of drug-likeness (QED) is 0.654. The summed E-state index contributed by atoms with van der Waals surface area (Å²) in [5.74, 6) is -0.115. The Morgan fingerprint density at radius 2 is 1.66 bits per heavy atom. The van der Waals surface area contributed by atoms with E-state index >= 15 is 0 Å². The summed E-state index contributed by atoms with van der Waals surface area (Å²) in [6, 6.07) is 10.5. The Labute approximate surface area is 176 Å². The molecule has 0 bridgehead atoms. The highest BCUT2D eigenvalue weighted by Crippen LogP contribution is 2.20. The number of sulfonamides is 1. The molecule has 0 saturated carbocycles. The van der Waals surface area contributed by atoms with E-state index in [0.29, 0.717) is 30.9 Å². The molecule has 8 heteroatoms. The second-order valence-electron chi connectivity index (χ2n) is 7.28. The Morgan fingerprint density at radius 3 is 2.31 bits per heavy atom. The Balaban J connectivity index is 1.57. The van der Waals surface area contributed by atoms with Crippen LogP contribution in [0.5, 0.6) is 0 Å². The van der Waals surface area contributed by atoms with Gasteiger partial charge in [0.25, 0.3) is 0 Å². The lowest BCUT2D eigenvalue weighted by Crippen LogP contribution is -2.37. The van der Waals surface area contributed by atoms with Crippen molar-refractivity contribution in [3.63, 3.8) is 0 Å². The number of benzene rings is 1. The summed E-state index contributed by atoms with van der Waals surface area (Å²) in [6.07, 6.45) is 0.913. The van der Waals surface area contributed by atoms with Gasteiger partial charge in [0.2, 0.25) is 15.9 Å². The molecule has 1 saturated heterocycles. The monoisotopic (exact) mass is 434 g/mol. The van der Waals surface area contributed by atoms with Crippen LogP contribution in [0.1, 0.15) is 39.4 Å². The van der Waals surface area contributed by atoms with Gasteiger partial charge in [-0.15, -0.1) is 11.3 Å². The second-order valence-corrected chi connectivity index (χ2v) is 10.5. The van der Waals surface area contributed by atoms with Crippen molar-refractivity contribution >= 4 is 33.1 Å². The molecule has 0 aliphatic carbocycles. The minimum atomic E-state index is -3.57. The predicted octanol–water partition coefficient (Wildman–Crippen LogP) is 3.25. The highest BCUT2D eigenvalue weighted by molar-refractivity contribution is 7.89. The first-order valence-corrected chi connectivity index (χ1v) is 12.0. The van der Waals surface area contributed by atoms with Crippen molar-refractivity contribution < 1.29 is 18.0 Å². The third-order valence-electron chi connectivity index (χ3n) is 5.05. The van der Waals surface area contributed by atoms with Crippen LogP contribution in [0.2, 0.25) is 0 Å². The van der Waals surface area contributed by atoms with Crippen LogP contribution in [0, 0.1) is 13.8 Å². The van der Waals surface area contributed by atoms with Crippen molar-refractivity contribution in [1.29, 1.82) is 0 Å². The molecule has 6 nitrogen and oxygen atoms in total. The summed E-state index contributed by atoms with van der Waals surface area (Å²) in [7, 11) is -3.57. The smallest absolute Gasteiger partial charge is 0.243 e. The average Bonchev–Trinajstić information content (AvgIpc) is 2.97. The van der Waals surface area contributed by atoms with Crippen LogP contribution in [-0.4, -0.2) is 55.5 Å². The standard InChI is InChI=1S/C21H26N2O4S2/c1-16-4-7-18(8-5-16)29(26,27)23-13-3-12-22(14-15-23)21(25)11-9-19(24)20-10-6-17(2)28-20/h4-8,10H,3,9,11-15H2,1-2H3. The molecule has 1 aliphatic heterocycles. The van der Waals surface area contributed by atoms with E-state index in [0.717, 1.165) is 10.4 Å². The van der Waals surface area contributed by atoms with Crippen LogP contribution in [0.25, 0.3) is 0 Å². The molecule has 1 amide bonds. The van der Waals surface area contributed by atoms with Gasteiger partial charge in [0.05, 0.1) is 9.77 Å². The van der Waals surface area contributed by atoms with E-state index in [1.54, 1.807) is 35.2 Å². The van der Waals surface area contributed by atoms with Gasteiger partial charge in [0.15, 0.2) is 5.78 Å². The van der Waals surface area contributed by atoms with Crippen molar-refractivity contribution in [2.75, 3.05) is 26.2 Å². The summed E-state index contributed by atoms with van der Waals surface area (Å²) in [5.41, 5.74) is 1.00. The van der Waals surface area contributed by atoms with E-state index in [1.807, 2.05) is 19.9 Å². The van der Waals surface area contributed by atoms with Gasteiger partial charge in [0.1, 0.15) is 0 Å². The number of ketones is 1. The molecule has 1 fully saturated rings. The highest BCUT2D eigenvalue weighted by atomic mass is 32.2. The third-order valence-corrected chi connectivity index (χ3v) is 8.00. The van der Waals surface area contributed by atoms with Crippen LogP contribution in [0.3, 0.4) is 0 Å². The number of amides is 1. The van der Waals surface area contributed by atoms with Gasteiger partial charge in [-0.05, 0) is 44.5 Å². The molecule has 0 spiro atoms. The number of nitrogens with zero attached hydrogens (tertiary/aromatic N) is 2. The zero-order valence-corrected chi connectivity index (χ0v) is 18.4. The number of thiophene rings is 1. The fourth-order valence-electron chi connectivity index (χ4n) is 3.33. The molecule has 2 aromatic rings. The maximum atomic E-state index is 12.9. The van der Waals surface area contributed by atoms with Crippen LogP contribution in [0.4, 0.5) is 0 Å². The van der Waals surface area contributed by atoms with E-state index in [4.69, 9.17) is 0 Å². The molecule has 2 heterocycles. The van der Waals surface area contributed by atoms with E-state index < -0.39 is 10.0 Å².